The normalized spacial score (nSPS) is 17.5. The zero-order valence-electron chi connectivity index (χ0n) is 17.1. The van der Waals surface area contributed by atoms with E-state index in [2.05, 4.69) is 29.7 Å². The number of aryl methyl sites for hydroxylation is 2. The molecule has 0 atom stereocenters. The molecule has 5 rings (SSSR count). The van der Waals surface area contributed by atoms with Gasteiger partial charge in [0.2, 0.25) is 5.91 Å². The molecule has 3 aromatic heterocycles. The zero-order valence-corrected chi connectivity index (χ0v) is 17.1. The molecule has 8 heteroatoms. The molecule has 0 bridgehead atoms. The number of nitrogens with zero attached hydrogens (tertiary/aromatic N) is 6. The summed E-state index contributed by atoms with van der Waals surface area (Å²) in [5.41, 5.74) is 2.74. The first-order chi connectivity index (χ1) is 14.8. The van der Waals surface area contributed by atoms with Crippen molar-refractivity contribution in [2.75, 3.05) is 18.0 Å². The van der Waals surface area contributed by atoms with Crippen LogP contribution in [0.1, 0.15) is 43.6 Å². The SMILES string of the molecule is O=C(NCc1ccccn1)C1CCN(c2ncnc3c2nc2n3CCCCC2)CC1. The lowest BCUT2D eigenvalue weighted by atomic mass is 9.96. The lowest BCUT2D eigenvalue weighted by molar-refractivity contribution is -0.125. The summed E-state index contributed by atoms with van der Waals surface area (Å²) in [4.78, 5) is 33.2. The van der Waals surface area contributed by atoms with Gasteiger partial charge in [0, 0.05) is 38.2 Å². The number of carbonyl (C=O) groups is 1. The van der Waals surface area contributed by atoms with Gasteiger partial charge < -0.3 is 14.8 Å². The molecule has 1 N–H and O–H groups in total. The second-order valence-corrected chi connectivity index (χ2v) is 8.16. The molecular formula is C22H27N7O. The van der Waals surface area contributed by atoms with Crippen LogP contribution in [0.2, 0.25) is 0 Å². The van der Waals surface area contributed by atoms with E-state index in [1.54, 1.807) is 12.5 Å². The molecule has 30 heavy (non-hydrogen) atoms. The maximum atomic E-state index is 12.6. The number of hydrogen-bond acceptors (Lipinski definition) is 6. The Balaban J connectivity index is 1.25. The van der Waals surface area contributed by atoms with E-state index in [4.69, 9.17) is 4.98 Å². The van der Waals surface area contributed by atoms with Gasteiger partial charge in [0.25, 0.3) is 0 Å². The highest BCUT2D eigenvalue weighted by atomic mass is 16.1. The molecule has 0 saturated carbocycles. The van der Waals surface area contributed by atoms with Crippen LogP contribution >= 0.6 is 0 Å². The molecule has 5 heterocycles. The van der Waals surface area contributed by atoms with Crippen LogP contribution in [-0.4, -0.2) is 43.5 Å². The van der Waals surface area contributed by atoms with Crippen molar-refractivity contribution in [3.63, 3.8) is 0 Å². The van der Waals surface area contributed by atoms with E-state index in [9.17, 15) is 4.79 Å². The smallest absolute Gasteiger partial charge is 0.223 e. The molecule has 1 amide bonds. The number of amides is 1. The monoisotopic (exact) mass is 405 g/mol. The first-order valence-electron chi connectivity index (χ1n) is 10.9. The third kappa shape index (κ3) is 3.74. The number of piperidine rings is 1. The number of pyridine rings is 1. The van der Waals surface area contributed by atoms with Gasteiger partial charge in [0.15, 0.2) is 17.0 Å². The van der Waals surface area contributed by atoms with Crippen molar-refractivity contribution >= 4 is 22.9 Å². The van der Waals surface area contributed by atoms with Gasteiger partial charge in [0.05, 0.1) is 12.2 Å². The van der Waals surface area contributed by atoms with Gasteiger partial charge in [-0.15, -0.1) is 0 Å². The summed E-state index contributed by atoms with van der Waals surface area (Å²) in [5, 5.41) is 3.03. The number of imidazole rings is 1. The minimum absolute atomic E-state index is 0.0287. The predicted molar refractivity (Wildman–Crippen MR) is 114 cm³/mol. The third-order valence-electron chi connectivity index (χ3n) is 6.21. The number of aromatic nitrogens is 5. The van der Waals surface area contributed by atoms with E-state index in [-0.39, 0.29) is 11.8 Å². The number of anilines is 1. The maximum absolute atomic E-state index is 12.6. The molecule has 3 aromatic rings. The van der Waals surface area contributed by atoms with Crippen molar-refractivity contribution in [3.05, 3.63) is 42.2 Å². The summed E-state index contributed by atoms with van der Waals surface area (Å²) in [6.07, 6.45) is 9.65. The second kappa shape index (κ2) is 8.38. The topological polar surface area (TPSA) is 88.8 Å². The molecule has 0 spiro atoms. The highest BCUT2D eigenvalue weighted by molar-refractivity contribution is 5.84. The fraction of sp³-hybridized carbons (Fsp3) is 0.500. The van der Waals surface area contributed by atoms with E-state index in [0.29, 0.717) is 6.54 Å². The van der Waals surface area contributed by atoms with E-state index in [0.717, 1.165) is 67.4 Å². The van der Waals surface area contributed by atoms with E-state index in [1.807, 2.05) is 18.2 Å². The fourth-order valence-corrected chi connectivity index (χ4v) is 4.53. The number of fused-ring (bicyclic) bond motifs is 3. The molecule has 0 aliphatic carbocycles. The van der Waals surface area contributed by atoms with Crippen molar-refractivity contribution < 1.29 is 4.79 Å². The van der Waals surface area contributed by atoms with Crippen LogP contribution in [0, 0.1) is 5.92 Å². The van der Waals surface area contributed by atoms with Gasteiger partial charge in [-0.2, -0.15) is 0 Å². The Hall–Kier alpha value is -3.03. The van der Waals surface area contributed by atoms with Crippen LogP contribution in [0.4, 0.5) is 5.82 Å². The van der Waals surface area contributed by atoms with Crippen LogP contribution in [0.3, 0.4) is 0 Å². The lowest BCUT2D eigenvalue weighted by Crippen LogP contribution is -2.40. The number of carbonyl (C=O) groups excluding carboxylic acids is 1. The van der Waals surface area contributed by atoms with Crippen molar-refractivity contribution in [3.8, 4) is 0 Å². The van der Waals surface area contributed by atoms with Gasteiger partial charge in [-0.1, -0.05) is 12.5 Å². The zero-order chi connectivity index (χ0) is 20.3. The maximum Gasteiger partial charge on any atom is 0.223 e. The number of nitrogens with one attached hydrogen (secondary N) is 1. The average molecular weight is 406 g/mol. The molecule has 0 aromatic carbocycles. The molecule has 1 saturated heterocycles. The standard InChI is InChI=1S/C22H27N7O/c30-22(24-14-17-6-3-4-10-23-17)16-8-12-28(13-9-16)20-19-21(26-15-25-20)29-11-5-1-2-7-18(29)27-19/h3-4,6,10,15-16H,1-2,5,7-9,11-14H2,(H,24,30). The highest BCUT2D eigenvalue weighted by Crippen LogP contribution is 2.29. The molecule has 1 fully saturated rings. The minimum Gasteiger partial charge on any atom is -0.355 e. The predicted octanol–water partition coefficient (Wildman–Crippen LogP) is 2.48. The van der Waals surface area contributed by atoms with Crippen molar-refractivity contribution in [2.24, 2.45) is 5.92 Å². The van der Waals surface area contributed by atoms with Crippen LogP contribution in [0.15, 0.2) is 30.7 Å². The Morgan fingerprint density at radius 2 is 1.97 bits per heavy atom. The molecule has 0 radical (unpaired) electrons. The summed E-state index contributed by atoms with van der Waals surface area (Å²) in [7, 11) is 0. The first kappa shape index (κ1) is 19.0. The van der Waals surface area contributed by atoms with Crippen molar-refractivity contribution in [2.45, 2.75) is 51.6 Å². The summed E-state index contributed by atoms with van der Waals surface area (Å²) >= 11 is 0. The molecule has 0 unspecified atom stereocenters. The van der Waals surface area contributed by atoms with Crippen LogP contribution in [0.5, 0.6) is 0 Å². The highest BCUT2D eigenvalue weighted by Gasteiger charge is 2.28. The molecule has 2 aliphatic rings. The quantitative estimate of drug-likeness (QED) is 0.717. The Kier molecular flexibility index (Phi) is 5.29. The summed E-state index contributed by atoms with van der Waals surface area (Å²) < 4.78 is 2.27. The summed E-state index contributed by atoms with van der Waals surface area (Å²) in [5.74, 6) is 2.18. The van der Waals surface area contributed by atoms with Crippen LogP contribution in [0.25, 0.3) is 11.2 Å². The summed E-state index contributed by atoms with van der Waals surface area (Å²) in [6, 6.07) is 5.74. The molecule has 8 nitrogen and oxygen atoms in total. The largest absolute Gasteiger partial charge is 0.355 e. The van der Waals surface area contributed by atoms with Gasteiger partial charge in [0.1, 0.15) is 12.2 Å². The summed E-state index contributed by atoms with van der Waals surface area (Å²) in [6.45, 7) is 3.07. The van der Waals surface area contributed by atoms with Gasteiger partial charge in [-0.25, -0.2) is 15.0 Å². The molecule has 2 aliphatic heterocycles. The first-order valence-corrected chi connectivity index (χ1v) is 10.9. The van der Waals surface area contributed by atoms with Crippen LogP contribution < -0.4 is 10.2 Å². The van der Waals surface area contributed by atoms with Gasteiger partial charge in [-0.05, 0) is 37.8 Å². The Morgan fingerprint density at radius 1 is 1.07 bits per heavy atom. The number of hydrogen-bond donors (Lipinski definition) is 1. The average Bonchev–Trinajstić information content (AvgIpc) is 2.99. The number of rotatable bonds is 4. The van der Waals surface area contributed by atoms with Crippen molar-refractivity contribution in [1.82, 2.24) is 29.8 Å². The van der Waals surface area contributed by atoms with Gasteiger partial charge >= 0.3 is 0 Å². The minimum atomic E-state index is 0.0287. The van der Waals surface area contributed by atoms with E-state index >= 15 is 0 Å². The molecular weight excluding hydrogens is 378 g/mol. The Morgan fingerprint density at radius 3 is 2.80 bits per heavy atom. The van der Waals surface area contributed by atoms with Crippen LogP contribution in [-0.2, 0) is 24.3 Å². The van der Waals surface area contributed by atoms with Crippen molar-refractivity contribution in [1.29, 1.82) is 0 Å². The van der Waals surface area contributed by atoms with E-state index in [1.165, 1.54) is 19.3 Å². The Bertz CT molecular complexity index is 1020. The lowest BCUT2D eigenvalue weighted by Gasteiger charge is -2.32. The fourth-order valence-electron chi connectivity index (χ4n) is 4.53. The Labute approximate surface area is 175 Å². The van der Waals surface area contributed by atoms with E-state index < -0.39 is 0 Å². The second-order valence-electron chi connectivity index (χ2n) is 8.16. The third-order valence-corrected chi connectivity index (χ3v) is 6.21. The van der Waals surface area contributed by atoms with Gasteiger partial charge in [-0.3, -0.25) is 9.78 Å². The molecule has 156 valence electrons.